The molecule has 2 nitrogen and oxygen atoms in total. The molecule has 3 aromatic rings. The fourth-order valence-electron chi connectivity index (χ4n) is 4.56. The molecule has 182 valence electrons. The molecule has 0 aromatic heterocycles. The molecule has 4 heteroatoms. The van der Waals surface area contributed by atoms with Gasteiger partial charge in [-0.15, -0.1) is 11.8 Å². The van der Waals surface area contributed by atoms with Crippen LogP contribution >= 0.6 is 11.8 Å². The van der Waals surface area contributed by atoms with Crippen LogP contribution in [0.2, 0.25) is 5.04 Å². The van der Waals surface area contributed by atoms with Crippen molar-refractivity contribution in [1.82, 2.24) is 0 Å². The minimum absolute atomic E-state index is 0.0130. The Bertz CT molecular complexity index is 929. The molecule has 0 saturated carbocycles. The summed E-state index contributed by atoms with van der Waals surface area (Å²) in [5.74, 6) is 0.752. The smallest absolute Gasteiger partial charge is 0.261 e. The van der Waals surface area contributed by atoms with Crippen molar-refractivity contribution in [2.45, 2.75) is 69.4 Å². The summed E-state index contributed by atoms with van der Waals surface area (Å²) in [4.78, 5) is 1.23. The summed E-state index contributed by atoms with van der Waals surface area (Å²) in [6, 6.07) is 30.2. The predicted molar refractivity (Wildman–Crippen MR) is 150 cm³/mol. The molecule has 0 amide bonds. The second-order valence-electron chi connectivity index (χ2n) is 10.1. The first kappa shape index (κ1) is 26.7. The fourth-order valence-corrected chi connectivity index (χ4v) is 10.0. The minimum atomic E-state index is -2.44. The van der Waals surface area contributed by atoms with Crippen molar-refractivity contribution in [3.8, 4) is 0 Å². The van der Waals surface area contributed by atoms with Crippen molar-refractivity contribution in [1.29, 1.82) is 0 Å². The van der Waals surface area contributed by atoms with Crippen molar-refractivity contribution in [3.05, 3.63) is 90.5 Å². The van der Waals surface area contributed by atoms with Gasteiger partial charge in [0.15, 0.2) is 0 Å². The van der Waals surface area contributed by atoms with E-state index in [0.29, 0.717) is 0 Å². The maximum atomic E-state index is 10.4. The Kier molecular flexibility index (Phi) is 10.0. The van der Waals surface area contributed by atoms with Gasteiger partial charge in [0.25, 0.3) is 8.32 Å². The first-order valence-electron chi connectivity index (χ1n) is 12.5. The van der Waals surface area contributed by atoms with Gasteiger partial charge in [0, 0.05) is 17.3 Å². The van der Waals surface area contributed by atoms with Gasteiger partial charge >= 0.3 is 0 Å². The van der Waals surface area contributed by atoms with Crippen LogP contribution in [-0.2, 0) is 4.43 Å². The zero-order valence-electron chi connectivity index (χ0n) is 21.2. The van der Waals surface area contributed by atoms with Crippen LogP contribution in [-0.4, -0.2) is 31.9 Å². The van der Waals surface area contributed by atoms with Crippen LogP contribution in [0.5, 0.6) is 0 Å². The molecule has 3 aromatic carbocycles. The van der Waals surface area contributed by atoms with E-state index in [-0.39, 0.29) is 11.1 Å². The summed E-state index contributed by atoms with van der Waals surface area (Å²) in [5, 5.41) is 13.1. The van der Waals surface area contributed by atoms with E-state index in [9.17, 15) is 5.11 Å². The average molecular weight is 493 g/mol. The van der Waals surface area contributed by atoms with Crippen LogP contribution in [0, 0.1) is 6.92 Å². The first-order valence-corrected chi connectivity index (χ1v) is 15.3. The van der Waals surface area contributed by atoms with Crippen molar-refractivity contribution >= 4 is 30.5 Å². The highest BCUT2D eigenvalue weighted by atomic mass is 32.2. The number of rotatable bonds is 12. The lowest BCUT2D eigenvalue weighted by Crippen LogP contribution is -2.66. The number of aliphatic hydroxyl groups is 1. The highest BCUT2D eigenvalue weighted by Gasteiger charge is 2.49. The third-order valence-corrected chi connectivity index (χ3v) is 12.6. The topological polar surface area (TPSA) is 29.5 Å². The second kappa shape index (κ2) is 12.7. The SMILES string of the molecule is Cc1ccc(SC[C@@H](O)CCCCCO[Si](c2ccccc2)(c2ccccc2)C(C)(C)C)cc1. The highest BCUT2D eigenvalue weighted by Crippen LogP contribution is 2.36. The van der Waals surface area contributed by atoms with E-state index >= 15 is 0 Å². The van der Waals surface area contributed by atoms with Crippen LogP contribution in [0.3, 0.4) is 0 Å². The zero-order valence-corrected chi connectivity index (χ0v) is 23.0. The Hall–Kier alpha value is -1.85. The Morgan fingerprint density at radius 2 is 1.35 bits per heavy atom. The van der Waals surface area contributed by atoms with E-state index in [2.05, 4.69) is 113 Å². The normalized spacial score (nSPS) is 13.1. The Labute approximate surface area is 211 Å². The van der Waals surface area contributed by atoms with Gasteiger partial charge in [-0.05, 0) is 47.3 Å². The van der Waals surface area contributed by atoms with Gasteiger partial charge in [-0.25, -0.2) is 0 Å². The van der Waals surface area contributed by atoms with Gasteiger partial charge in [0.2, 0.25) is 0 Å². The maximum absolute atomic E-state index is 10.4. The van der Waals surface area contributed by atoms with E-state index in [1.54, 1.807) is 11.8 Å². The molecule has 0 bridgehead atoms. The van der Waals surface area contributed by atoms with Crippen molar-refractivity contribution in [3.63, 3.8) is 0 Å². The summed E-state index contributed by atoms with van der Waals surface area (Å²) in [6.07, 6.45) is 3.70. The summed E-state index contributed by atoms with van der Waals surface area (Å²) in [6.45, 7) is 9.81. The third kappa shape index (κ3) is 7.08. The molecule has 0 aliphatic heterocycles. The average Bonchev–Trinajstić information content (AvgIpc) is 2.83. The molecular weight excluding hydrogens is 452 g/mol. The molecule has 0 radical (unpaired) electrons. The third-order valence-electron chi connectivity index (χ3n) is 6.38. The lowest BCUT2D eigenvalue weighted by atomic mass is 10.1. The Balaban J connectivity index is 1.53. The summed E-state index contributed by atoms with van der Waals surface area (Å²) < 4.78 is 6.96. The number of benzene rings is 3. The van der Waals surface area contributed by atoms with E-state index in [1.807, 2.05) is 0 Å². The van der Waals surface area contributed by atoms with Gasteiger partial charge < -0.3 is 9.53 Å². The van der Waals surface area contributed by atoms with Gasteiger partial charge in [0.05, 0.1) is 6.10 Å². The number of unbranched alkanes of at least 4 members (excludes halogenated alkanes) is 2. The largest absolute Gasteiger partial charge is 0.407 e. The number of hydrogen-bond acceptors (Lipinski definition) is 3. The standard InChI is InChI=1S/C30H40O2SSi/c1-25-19-21-27(22-20-25)33-24-26(31)14-8-7-13-23-32-34(30(2,3)4,28-15-9-5-10-16-28)29-17-11-6-12-18-29/h5-6,9-12,15-22,26,31H,7-8,13-14,23-24H2,1-4H3/t26-/m0/s1. The van der Waals surface area contributed by atoms with Crippen molar-refractivity contribution in [2.75, 3.05) is 12.4 Å². The van der Waals surface area contributed by atoms with Gasteiger partial charge in [-0.1, -0.05) is 112 Å². The number of hydrogen-bond donors (Lipinski definition) is 1. The molecule has 34 heavy (non-hydrogen) atoms. The van der Waals surface area contributed by atoms with E-state index in [1.165, 1.54) is 20.8 Å². The highest BCUT2D eigenvalue weighted by molar-refractivity contribution is 7.99. The molecule has 3 rings (SSSR count). The van der Waals surface area contributed by atoms with Gasteiger partial charge in [-0.3, -0.25) is 0 Å². The monoisotopic (exact) mass is 492 g/mol. The first-order chi connectivity index (χ1) is 16.3. The summed E-state index contributed by atoms with van der Waals surface area (Å²) >= 11 is 1.74. The van der Waals surface area contributed by atoms with Crippen LogP contribution in [0.25, 0.3) is 0 Å². The van der Waals surface area contributed by atoms with E-state index in [0.717, 1.165) is 38.0 Å². The number of aryl methyl sites for hydroxylation is 1. The molecule has 1 atom stereocenters. The molecular formula is C30H40O2SSi. The minimum Gasteiger partial charge on any atom is -0.407 e. The fraction of sp³-hybridized carbons (Fsp3) is 0.400. The number of thioether (sulfide) groups is 1. The van der Waals surface area contributed by atoms with Crippen LogP contribution in [0.4, 0.5) is 0 Å². The summed E-state index contributed by atoms with van der Waals surface area (Å²) in [5.41, 5.74) is 1.27. The van der Waals surface area contributed by atoms with E-state index < -0.39 is 8.32 Å². The lowest BCUT2D eigenvalue weighted by molar-refractivity contribution is 0.183. The molecule has 1 N–H and O–H groups in total. The lowest BCUT2D eigenvalue weighted by Gasteiger charge is -2.43. The summed E-state index contributed by atoms with van der Waals surface area (Å²) in [7, 11) is -2.44. The molecule has 0 heterocycles. The Morgan fingerprint density at radius 1 is 0.794 bits per heavy atom. The van der Waals surface area contributed by atoms with E-state index in [4.69, 9.17) is 4.43 Å². The molecule has 0 saturated heterocycles. The number of aliphatic hydroxyl groups excluding tert-OH is 1. The molecule has 0 unspecified atom stereocenters. The van der Waals surface area contributed by atoms with Crippen molar-refractivity contribution in [2.24, 2.45) is 0 Å². The van der Waals surface area contributed by atoms with Crippen LogP contribution < -0.4 is 10.4 Å². The predicted octanol–water partition coefficient (Wildman–Crippen LogP) is 6.59. The quantitative estimate of drug-likeness (QED) is 0.176. The van der Waals surface area contributed by atoms with Crippen LogP contribution in [0.15, 0.2) is 89.8 Å². The second-order valence-corrected chi connectivity index (χ2v) is 15.5. The maximum Gasteiger partial charge on any atom is 0.261 e. The molecule has 0 aliphatic carbocycles. The van der Waals surface area contributed by atoms with Crippen LogP contribution in [0.1, 0.15) is 52.0 Å². The molecule has 0 spiro atoms. The van der Waals surface area contributed by atoms with Gasteiger partial charge in [0.1, 0.15) is 0 Å². The zero-order chi connectivity index (χ0) is 24.4. The Morgan fingerprint density at radius 3 is 1.88 bits per heavy atom. The molecule has 0 aliphatic rings. The van der Waals surface area contributed by atoms with Crippen molar-refractivity contribution < 1.29 is 9.53 Å². The molecule has 0 fully saturated rings. The van der Waals surface area contributed by atoms with Gasteiger partial charge in [-0.2, -0.15) is 0 Å².